The standard InChI is InChI=1S/C43H66N4O6S/c1-25(2)37-41(51)47-19-11-12-35(47)42(52)53-36(43(8,9)10)21-27(4)20-28(5)29(6)40-45-33(24-54-40)17-18-34(48)23-32(22-31-15-13-26(3)14-16-31)39(50)44-30(7)38(49)46-37/h13-16,25,27-30,32-33,35-37H,11-12,17-24H2,1-10H3,(H,44,50)(H,46,49)/t27-,28-,29-,30-,32+,33+,35-,36-,37-/m0/s1. The van der Waals surface area contributed by atoms with Gasteiger partial charge in [0, 0.05) is 37.0 Å². The maximum atomic E-state index is 14.1. The molecule has 3 aliphatic rings. The van der Waals surface area contributed by atoms with Gasteiger partial charge in [-0.25, -0.2) is 4.79 Å². The fourth-order valence-electron chi connectivity index (χ4n) is 7.79. The first kappa shape index (κ1) is 43.5. The molecule has 10 nitrogen and oxygen atoms in total. The number of Topliss-reactive ketones (excluding diaryl/α,β-unsaturated/α-hetero) is 1. The molecule has 4 rings (SSSR count). The van der Waals surface area contributed by atoms with Crippen molar-refractivity contribution in [1.82, 2.24) is 15.5 Å². The molecule has 54 heavy (non-hydrogen) atoms. The van der Waals surface area contributed by atoms with E-state index in [1.54, 1.807) is 23.6 Å². The molecule has 2 N–H and O–H groups in total. The first-order chi connectivity index (χ1) is 25.3. The third-order valence-electron chi connectivity index (χ3n) is 11.6. The van der Waals surface area contributed by atoms with Crippen molar-refractivity contribution in [2.45, 2.75) is 151 Å². The second kappa shape index (κ2) is 19.1. The summed E-state index contributed by atoms with van der Waals surface area (Å²) in [6, 6.07) is 5.37. The van der Waals surface area contributed by atoms with Crippen LogP contribution in [0.3, 0.4) is 0 Å². The van der Waals surface area contributed by atoms with Gasteiger partial charge < -0.3 is 20.3 Å². The quantitative estimate of drug-likeness (QED) is 0.327. The van der Waals surface area contributed by atoms with E-state index in [1.807, 2.05) is 45.0 Å². The van der Waals surface area contributed by atoms with Crippen LogP contribution < -0.4 is 10.6 Å². The topological polar surface area (TPSA) is 134 Å². The van der Waals surface area contributed by atoms with Crippen molar-refractivity contribution in [3.63, 3.8) is 0 Å². The largest absolute Gasteiger partial charge is 0.460 e. The summed E-state index contributed by atoms with van der Waals surface area (Å²) < 4.78 is 6.30. The molecule has 300 valence electrons. The lowest BCUT2D eigenvalue weighted by atomic mass is 9.80. The maximum Gasteiger partial charge on any atom is 0.329 e. The molecule has 3 amide bonds. The molecule has 3 heterocycles. The Morgan fingerprint density at radius 1 is 0.944 bits per heavy atom. The highest BCUT2D eigenvalue weighted by Gasteiger charge is 2.42. The molecule has 1 saturated heterocycles. The number of amides is 3. The van der Waals surface area contributed by atoms with E-state index in [1.165, 1.54) is 0 Å². The molecule has 3 aliphatic heterocycles. The number of carbonyl (C=O) groups excluding carboxylic acids is 5. The van der Waals surface area contributed by atoms with Crippen molar-refractivity contribution in [3.05, 3.63) is 35.4 Å². The Morgan fingerprint density at radius 2 is 1.63 bits per heavy atom. The van der Waals surface area contributed by atoms with E-state index in [2.05, 4.69) is 52.2 Å². The summed E-state index contributed by atoms with van der Waals surface area (Å²) in [7, 11) is 0. The zero-order valence-electron chi connectivity index (χ0n) is 34.4. The van der Waals surface area contributed by atoms with Crippen molar-refractivity contribution >= 4 is 46.3 Å². The molecule has 0 aliphatic carbocycles. The van der Waals surface area contributed by atoms with Crippen molar-refractivity contribution in [2.75, 3.05) is 12.3 Å². The number of rotatable bonds is 3. The van der Waals surface area contributed by atoms with E-state index in [0.717, 1.165) is 28.3 Å². The predicted molar refractivity (Wildman–Crippen MR) is 216 cm³/mol. The van der Waals surface area contributed by atoms with Crippen molar-refractivity contribution in [1.29, 1.82) is 0 Å². The number of ketones is 1. The summed E-state index contributed by atoms with van der Waals surface area (Å²) in [6.07, 6.45) is 3.85. The summed E-state index contributed by atoms with van der Waals surface area (Å²) >= 11 is 1.78. The monoisotopic (exact) mass is 766 g/mol. The second-order valence-corrected chi connectivity index (χ2v) is 18.9. The number of cyclic esters (lactones) is 1. The van der Waals surface area contributed by atoms with Crippen LogP contribution in [0.2, 0.25) is 0 Å². The maximum absolute atomic E-state index is 14.1. The average molecular weight is 767 g/mol. The van der Waals surface area contributed by atoms with Gasteiger partial charge in [0.05, 0.1) is 11.1 Å². The van der Waals surface area contributed by atoms with E-state index < -0.39 is 35.9 Å². The van der Waals surface area contributed by atoms with Gasteiger partial charge in [0.15, 0.2) is 0 Å². The number of ether oxygens (including phenoxy) is 1. The highest BCUT2D eigenvalue weighted by molar-refractivity contribution is 8.14. The number of benzene rings is 1. The predicted octanol–water partition coefficient (Wildman–Crippen LogP) is 6.70. The van der Waals surface area contributed by atoms with Gasteiger partial charge in [0.25, 0.3) is 0 Å². The number of esters is 1. The van der Waals surface area contributed by atoms with Crippen LogP contribution in [0, 0.1) is 41.9 Å². The molecule has 2 bridgehead atoms. The minimum absolute atomic E-state index is 0.00424. The minimum Gasteiger partial charge on any atom is -0.460 e. The van der Waals surface area contributed by atoms with Gasteiger partial charge in [-0.1, -0.05) is 85.2 Å². The van der Waals surface area contributed by atoms with Gasteiger partial charge in [-0.05, 0) is 81.1 Å². The highest BCUT2D eigenvalue weighted by Crippen LogP contribution is 2.36. The van der Waals surface area contributed by atoms with E-state index in [0.29, 0.717) is 51.0 Å². The SMILES string of the molecule is Cc1ccc(C[C@@H]2CC(=O)CC[C@@H]3CSC(=N3)[C@@H](C)[C@@H](C)C[C@H](C)C[C@@H](C(C)(C)C)OC(=O)[C@@H]3CCCN3C(=O)[C@H](C(C)C)NC(=O)[C@H](C)NC2=O)cc1. The second-order valence-electron chi connectivity index (χ2n) is 17.9. The lowest BCUT2D eigenvalue weighted by Crippen LogP contribution is -2.57. The summed E-state index contributed by atoms with van der Waals surface area (Å²) in [4.78, 5) is 75.5. The third kappa shape index (κ3) is 11.9. The molecule has 0 unspecified atom stereocenters. The van der Waals surface area contributed by atoms with Crippen LogP contribution in [0.4, 0.5) is 0 Å². The number of nitrogens with zero attached hydrogens (tertiary/aromatic N) is 2. The van der Waals surface area contributed by atoms with E-state index in [-0.39, 0.29) is 59.3 Å². The molecule has 0 radical (unpaired) electrons. The normalized spacial score (nSPS) is 31.9. The van der Waals surface area contributed by atoms with E-state index in [4.69, 9.17) is 9.73 Å². The molecule has 1 aromatic rings. The van der Waals surface area contributed by atoms with E-state index in [9.17, 15) is 24.0 Å². The summed E-state index contributed by atoms with van der Waals surface area (Å²) in [5, 5.41) is 6.86. The van der Waals surface area contributed by atoms with Gasteiger partial charge in [-0.3, -0.25) is 24.2 Å². The fraction of sp³-hybridized carbons (Fsp3) is 0.721. The molecule has 1 fully saturated rings. The van der Waals surface area contributed by atoms with Crippen LogP contribution >= 0.6 is 11.8 Å². The van der Waals surface area contributed by atoms with Crippen molar-refractivity contribution < 1.29 is 28.7 Å². The average Bonchev–Trinajstić information content (AvgIpc) is 3.79. The fourth-order valence-corrected chi connectivity index (χ4v) is 9.11. The number of nitrogens with one attached hydrogen (secondary N) is 2. The number of thioether (sulfide) groups is 1. The Bertz CT molecular complexity index is 1520. The summed E-state index contributed by atoms with van der Waals surface area (Å²) in [5.74, 6) is -0.811. The van der Waals surface area contributed by atoms with E-state index >= 15 is 0 Å². The highest BCUT2D eigenvalue weighted by atomic mass is 32.2. The Kier molecular flexibility index (Phi) is 15.4. The molecule has 0 aromatic heterocycles. The lowest BCUT2D eigenvalue weighted by Gasteiger charge is -2.36. The molecular formula is C43H66N4O6S. The Hall–Kier alpha value is -3.21. The van der Waals surface area contributed by atoms with Gasteiger partial charge >= 0.3 is 5.97 Å². The van der Waals surface area contributed by atoms with Crippen molar-refractivity contribution in [3.8, 4) is 0 Å². The molecule has 1 aromatic carbocycles. The Morgan fingerprint density at radius 3 is 2.28 bits per heavy atom. The van der Waals surface area contributed by atoms with Crippen LogP contribution in [0.25, 0.3) is 0 Å². The number of fused-ring (bicyclic) bond motifs is 2. The number of carbonyl (C=O) groups is 5. The molecule has 0 spiro atoms. The molecular weight excluding hydrogens is 701 g/mol. The zero-order valence-corrected chi connectivity index (χ0v) is 35.2. The van der Waals surface area contributed by atoms with Gasteiger partial charge in [0.1, 0.15) is 30.0 Å². The van der Waals surface area contributed by atoms with Gasteiger partial charge in [0.2, 0.25) is 17.7 Å². The Labute approximate surface area is 328 Å². The first-order valence-corrected chi connectivity index (χ1v) is 21.2. The van der Waals surface area contributed by atoms with Gasteiger partial charge in [-0.15, -0.1) is 11.8 Å². The lowest BCUT2D eigenvalue weighted by molar-refractivity contribution is -0.164. The van der Waals surface area contributed by atoms with Crippen LogP contribution in [-0.4, -0.2) is 82.0 Å². The van der Waals surface area contributed by atoms with Crippen LogP contribution in [0.5, 0.6) is 0 Å². The summed E-state index contributed by atoms with van der Waals surface area (Å²) in [6.45, 7) is 20.7. The van der Waals surface area contributed by atoms with Crippen LogP contribution in [-0.2, 0) is 35.1 Å². The molecule has 0 saturated carbocycles. The Balaban J connectivity index is 1.61. The minimum atomic E-state index is -0.960. The smallest absolute Gasteiger partial charge is 0.329 e. The zero-order chi connectivity index (χ0) is 39.9. The first-order valence-electron chi connectivity index (χ1n) is 20.2. The third-order valence-corrected chi connectivity index (χ3v) is 12.9. The van der Waals surface area contributed by atoms with Crippen LogP contribution in [0.1, 0.15) is 118 Å². The number of aliphatic imine (C=N–C) groups is 1. The van der Waals surface area contributed by atoms with Crippen molar-refractivity contribution in [2.24, 2.45) is 40.0 Å². The number of hydrogen-bond donors (Lipinski definition) is 2. The summed E-state index contributed by atoms with van der Waals surface area (Å²) in [5.41, 5.74) is 1.73. The number of aryl methyl sites for hydroxylation is 1. The van der Waals surface area contributed by atoms with Crippen LogP contribution in [0.15, 0.2) is 29.3 Å². The number of hydrogen-bond acceptors (Lipinski definition) is 8. The van der Waals surface area contributed by atoms with Gasteiger partial charge in [-0.2, -0.15) is 0 Å². The molecule has 9 atom stereocenters. The molecule has 11 heteroatoms.